The maximum atomic E-state index is 15.4. The molecule has 19 heteroatoms. The van der Waals surface area contributed by atoms with Crippen LogP contribution in [-0.2, 0) is 37.0 Å². The molecule has 4 aliphatic heterocycles. The molecule has 0 radical (unpaired) electrons. The number of nitrogens with two attached hydrogens (primary N) is 1. The van der Waals surface area contributed by atoms with E-state index in [-0.39, 0.29) is 41.8 Å². The summed E-state index contributed by atoms with van der Waals surface area (Å²) in [5.41, 5.74) is 4.60. The summed E-state index contributed by atoms with van der Waals surface area (Å²) in [6.07, 6.45) is -3.69. The lowest BCUT2D eigenvalue weighted by Gasteiger charge is -2.33. The van der Waals surface area contributed by atoms with Gasteiger partial charge in [0, 0.05) is 37.7 Å². The predicted molar refractivity (Wildman–Crippen MR) is 180 cm³/mol. The number of halogens is 8. The molecule has 1 aromatic carbocycles. The molecule has 1 amide bonds. The number of nitrogens with zero attached hydrogens (tertiary/aromatic N) is 6. The van der Waals surface area contributed by atoms with E-state index in [2.05, 4.69) is 26.9 Å². The summed E-state index contributed by atoms with van der Waals surface area (Å²) in [5, 5.41) is 6.47. The number of aromatic nitrogens is 4. The smallest absolute Gasteiger partial charge is 0.418 e. The van der Waals surface area contributed by atoms with Gasteiger partial charge < -0.3 is 25.4 Å². The molecule has 3 aromatic rings. The number of anilines is 2. The number of amides is 1. The standard InChI is InChI=1S/C31H34Cl2F4N8O3.C2H2F2/c1-39-28(46)26-24(33)20-13-43(7-4-10-45(20)42-26)27-16-14-47-21(22-23(31(35,36)37)17(32)11-18(38)25(22)34)12-19(16)40-29(41-27)48-15-30-5-2-8-44(30)9-3-6-30;1-2(3)4/h11,21H,2-10,12-15,38H2,1H3,(H,39,46);1H2. The average Bonchev–Trinajstić information content (AvgIpc) is 3.70. The van der Waals surface area contributed by atoms with Gasteiger partial charge in [-0.25, -0.2) is 4.39 Å². The Labute approximate surface area is 305 Å². The fraction of sp³-hybridized carbons (Fsp3) is 0.515. The second kappa shape index (κ2) is 14.9. The normalized spacial score (nSPS) is 19.6. The number of carbonyl (C=O) groups excluding carboxylic acids is 1. The molecule has 3 N–H and O–H groups in total. The Bertz CT molecular complexity index is 1860. The van der Waals surface area contributed by atoms with E-state index in [1.54, 1.807) is 4.68 Å². The van der Waals surface area contributed by atoms with Crippen LogP contribution in [-0.4, -0.2) is 69.4 Å². The van der Waals surface area contributed by atoms with Crippen molar-refractivity contribution >= 4 is 40.6 Å². The van der Waals surface area contributed by atoms with Crippen LogP contribution in [0.25, 0.3) is 0 Å². The van der Waals surface area contributed by atoms with Crippen LogP contribution in [0.1, 0.15) is 76.8 Å². The first-order valence-corrected chi connectivity index (χ1v) is 17.3. The van der Waals surface area contributed by atoms with Crippen molar-refractivity contribution in [2.45, 2.75) is 76.0 Å². The van der Waals surface area contributed by atoms with Crippen LogP contribution >= 0.6 is 23.2 Å². The van der Waals surface area contributed by atoms with E-state index < -0.39 is 51.9 Å². The number of hydrogen-bond donors (Lipinski definition) is 2. The SMILES string of the molecule is C=C(F)F.CNC(=O)c1nn2c(c1Cl)CN(c1nc(OCC34CCCN3CCC4)nc3c1COC(c1c(F)c(N)cc(Cl)c1C(F)(F)F)C3)CCC2. The van der Waals surface area contributed by atoms with Crippen molar-refractivity contribution in [2.75, 3.05) is 43.9 Å². The summed E-state index contributed by atoms with van der Waals surface area (Å²) >= 11 is 12.7. The molecule has 1 unspecified atom stereocenters. The number of hydrogen-bond acceptors (Lipinski definition) is 9. The number of ether oxygens (including phenoxy) is 2. The van der Waals surface area contributed by atoms with Gasteiger partial charge >= 0.3 is 12.2 Å². The molecule has 0 spiro atoms. The third-order valence-corrected chi connectivity index (χ3v) is 10.6. The van der Waals surface area contributed by atoms with Crippen molar-refractivity contribution in [3.8, 4) is 6.01 Å². The average molecular weight is 778 g/mol. The topological polar surface area (TPSA) is 124 Å². The summed E-state index contributed by atoms with van der Waals surface area (Å²) in [4.78, 5) is 26.3. The highest BCUT2D eigenvalue weighted by atomic mass is 35.5. The van der Waals surface area contributed by atoms with E-state index in [4.69, 9.17) is 43.4 Å². The first kappa shape index (κ1) is 37.9. The number of fused-ring (bicyclic) bond motifs is 3. The lowest BCUT2D eigenvalue weighted by Crippen LogP contribution is -2.43. The summed E-state index contributed by atoms with van der Waals surface area (Å²) in [6.45, 7) is 5.58. The van der Waals surface area contributed by atoms with Crippen LogP contribution in [0.15, 0.2) is 18.7 Å². The first-order chi connectivity index (χ1) is 24.6. The summed E-state index contributed by atoms with van der Waals surface area (Å²) < 4.78 is 92.3. The van der Waals surface area contributed by atoms with Crippen LogP contribution in [0.3, 0.4) is 0 Å². The van der Waals surface area contributed by atoms with Gasteiger partial charge in [-0.1, -0.05) is 23.2 Å². The van der Waals surface area contributed by atoms with Gasteiger partial charge in [0.1, 0.15) is 12.4 Å². The third kappa shape index (κ3) is 7.37. The predicted octanol–water partition coefficient (Wildman–Crippen LogP) is 6.71. The van der Waals surface area contributed by atoms with Gasteiger partial charge in [-0.05, 0) is 57.8 Å². The molecule has 0 saturated carbocycles. The van der Waals surface area contributed by atoms with E-state index in [1.165, 1.54) is 7.05 Å². The van der Waals surface area contributed by atoms with Crippen molar-refractivity contribution in [3.63, 3.8) is 0 Å². The molecule has 11 nitrogen and oxygen atoms in total. The van der Waals surface area contributed by atoms with Crippen LogP contribution in [0.4, 0.5) is 37.8 Å². The molecule has 6 heterocycles. The zero-order chi connectivity index (χ0) is 37.5. The lowest BCUT2D eigenvalue weighted by atomic mass is 9.93. The summed E-state index contributed by atoms with van der Waals surface area (Å²) in [7, 11) is 1.49. The van der Waals surface area contributed by atoms with E-state index in [0.717, 1.165) is 44.8 Å². The molecule has 7 rings (SSSR count). The highest BCUT2D eigenvalue weighted by Gasteiger charge is 2.46. The number of alkyl halides is 3. The molecule has 2 saturated heterocycles. The molecular formula is C33H36Cl2F6N8O3. The maximum absolute atomic E-state index is 15.4. The van der Waals surface area contributed by atoms with Crippen LogP contribution in [0, 0.1) is 5.82 Å². The minimum Gasteiger partial charge on any atom is -0.461 e. The van der Waals surface area contributed by atoms with Gasteiger partial charge in [0.25, 0.3) is 12.0 Å². The molecule has 2 fully saturated rings. The Morgan fingerprint density at radius 3 is 2.50 bits per heavy atom. The van der Waals surface area contributed by atoms with Gasteiger partial charge in [0.2, 0.25) is 0 Å². The maximum Gasteiger partial charge on any atom is 0.418 e. The number of nitrogen functional groups attached to an aromatic ring is 1. The summed E-state index contributed by atoms with van der Waals surface area (Å²) in [5.74, 6) is -1.20. The van der Waals surface area contributed by atoms with Gasteiger partial charge in [0.05, 0.1) is 57.5 Å². The van der Waals surface area contributed by atoms with E-state index in [1.807, 2.05) is 4.90 Å². The Morgan fingerprint density at radius 1 is 1.15 bits per heavy atom. The summed E-state index contributed by atoms with van der Waals surface area (Å²) in [6, 6.07) is 0.820. The number of carbonyl (C=O) groups is 1. The van der Waals surface area contributed by atoms with Gasteiger partial charge in [0.15, 0.2) is 11.5 Å². The van der Waals surface area contributed by atoms with Crippen LogP contribution in [0.2, 0.25) is 10.0 Å². The highest BCUT2D eigenvalue weighted by Crippen LogP contribution is 2.46. The Balaban J connectivity index is 0.00000110. The fourth-order valence-electron chi connectivity index (χ4n) is 7.58. The second-order valence-electron chi connectivity index (χ2n) is 13.0. The highest BCUT2D eigenvalue weighted by molar-refractivity contribution is 6.34. The zero-order valence-corrected chi connectivity index (χ0v) is 29.6. The van der Waals surface area contributed by atoms with Crippen LogP contribution in [0.5, 0.6) is 6.01 Å². The van der Waals surface area contributed by atoms with E-state index >= 15 is 4.39 Å². The van der Waals surface area contributed by atoms with E-state index in [9.17, 15) is 26.7 Å². The molecule has 2 aromatic heterocycles. The number of nitrogens with one attached hydrogen (secondary N) is 1. The monoisotopic (exact) mass is 776 g/mol. The lowest BCUT2D eigenvalue weighted by molar-refractivity contribution is -0.140. The van der Waals surface area contributed by atoms with Crippen molar-refractivity contribution in [1.29, 1.82) is 0 Å². The number of aryl methyl sites for hydroxylation is 1. The Morgan fingerprint density at radius 2 is 1.85 bits per heavy atom. The van der Waals surface area contributed by atoms with Crippen molar-refractivity contribution < 1.29 is 40.6 Å². The minimum absolute atomic E-state index is 0.0644. The number of rotatable bonds is 6. The van der Waals surface area contributed by atoms with Crippen molar-refractivity contribution in [3.05, 3.63) is 68.4 Å². The second-order valence-corrected chi connectivity index (χ2v) is 13.8. The van der Waals surface area contributed by atoms with Gasteiger partial charge in [-0.2, -0.15) is 37.0 Å². The molecule has 52 heavy (non-hydrogen) atoms. The van der Waals surface area contributed by atoms with Crippen LogP contribution < -0.4 is 20.7 Å². The molecule has 0 bridgehead atoms. The third-order valence-electron chi connectivity index (χ3n) is 9.90. The zero-order valence-electron chi connectivity index (χ0n) is 28.1. The molecule has 1 atom stereocenters. The van der Waals surface area contributed by atoms with Crippen molar-refractivity contribution in [1.82, 2.24) is 30.0 Å². The molecule has 0 aliphatic carbocycles. The molecular weight excluding hydrogens is 741 g/mol. The number of benzene rings is 1. The van der Waals surface area contributed by atoms with Crippen molar-refractivity contribution in [2.24, 2.45) is 0 Å². The first-order valence-electron chi connectivity index (χ1n) is 16.6. The van der Waals surface area contributed by atoms with Gasteiger partial charge in [-0.15, -0.1) is 0 Å². The Kier molecular flexibility index (Phi) is 10.9. The largest absolute Gasteiger partial charge is 0.461 e. The minimum atomic E-state index is -4.97. The fourth-order valence-corrected chi connectivity index (χ4v) is 8.19. The van der Waals surface area contributed by atoms with E-state index in [0.29, 0.717) is 48.9 Å². The van der Waals surface area contributed by atoms with Gasteiger partial charge in [-0.3, -0.25) is 14.4 Å². The Hall–Kier alpha value is -3.80. The molecule has 4 aliphatic rings. The molecule has 282 valence electrons. The quantitative estimate of drug-likeness (QED) is 0.208.